The molecule has 21 heavy (non-hydrogen) atoms. The molecular formula is C16H17ClN4. The van der Waals surface area contributed by atoms with E-state index in [0.29, 0.717) is 11.1 Å². The molecule has 2 aromatic heterocycles. The second kappa shape index (κ2) is 5.82. The van der Waals surface area contributed by atoms with Crippen LogP contribution in [0.5, 0.6) is 0 Å². The van der Waals surface area contributed by atoms with Gasteiger partial charge in [-0.05, 0) is 23.6 Å². The molecule has 0 N–H and O–H groups in total. The van der Waals surface area contributed by atoms with Gasteiger partial charge in [0, 0.05) is 5.92 Å². The highest BCUT2D eigenvalue weighted by Gasteiger charge is 2.25. The lowest BCUT2D eigenvalue weighted by Crippen LogP contribution is -2.15. The van der Waals surface area contributed by atoms with Gasteiger partial charge in [0.25, 0.3) is 0 Å². The molecule has 0 saturated heterocycles. The Morgan fingerprint density at radius 3 is 2.57 bits per heavy atom. The number of nitrogens with zero attached hydrogens (tertiary/aromatic N) is 4. The molecule has 0 radical (unpaired) electrons. The van der Waals surface area contributed by atoms with Crippen molar-refractivity contribution >= 4 is 17.2 Å². The number of fused-ring (bicyclic) bond motifs is 1. The molecule has 0 saturated carbocycles. The summed E-state index contributed by atoms with van der Waals surface area (Å²) in [5, 5.41) is 13.4. The SMILES string of the molecule is CCC(C)C(c1ccccc1)c1nnc2ccc(Cl)nn12. The zero-order valence-electron chi connectivity index (χ0n) is 12.1. The summed E-state index contributed by atoms with van der Waals surface area (Å²) >= 11 is 6.02. The third-order valence-electron chi connectivity index (χ3n) is 3.90. The van der Waals surface area contributed by atoms with Gasteiger partial charge in [-0.3, -0.25) is 0 Å². The minimum atomic E-state index is 0.150. The molecular weight excluding hydrogens is 284 g/mol. The second-order valence-corrected chi connectivity index (χ2v) is 5.65. The fourth-order valence-electron chi connectivity index (χ4n) is 2.61. The molecule has 2 heterocycles. The largest absolute Gasteiger partial charge is 0.195 e. The first-order valence-corrected chi connectivity index (χ1v) is 7.51. The second-order valence-electron chi connectivity index (χ2n) is 5.26. The Morgan fingerprint density at radius 1 is 1.10 bits per heavy atom. The van der Waals surface area contributed by atoms with Crippen LogP contribution in [-0.4, -0.2) is 19.8 Å². The first-order chi connectivity index (χ1) is 10.2. The zero-order valence-corrected chi connectivity index (χ0v) is 12.8. The van der Waals surface area contributed by atoms with Crippen LogP contribution in [0.3, 0.4) is 0 Å². The van der Waals surface area contributed by atoms with E-state index in [9.17, 15) is 0 Å². The number of halogens is 1. The van der Waals surface area contributed by atoms with E-state index in [2.05, 4.69) is 41.3 Å². The minimum Gasteiger partial charge on any atom is -0.195 e. The maximum Gasteiger partial charge on any atom is 0.178 e. The number of benzene rings is 1. The van der Waals surface area contributed by atoms with Crippen LogP contribution in [-0.2, 0) is 0 Å². The summed E-state index contributed by atoms with van der Waals surface area (Å²) < 4.78 is 1.76. The summed E-state index contributed by atoms with van der Waals surface area (Å²) in [6, 6.07) is 13.9. The molecule has 2 atom stereocenters. The van der Waals surface area contributed by atoms with Crippen LogP contribution in [0.15, 0.2) is 42.5 Å². The van der Waals surface area contributed by atoms with Crippen LogP contribution < -0.4 is 0 Å². The Kier molecular flexibility index (Phi) is 3.88. The summed E-state index contributed by atoms with van der Waals surface area (Å²) in [5.41, 5.74) is 1.95. The van der Waals surface area contributed by atoms with Crippen LogP contribution in [0, 0.1) is 5.92 Å². The number of aromatic nitrogens is 4. The fourth-order valence-corrected chi connectivity index (χ4v) is 2.74. The Morgan fingerprint density at radius 2 is 1.86 bits per heavy atom. The average molecular weight is 301 g/mol. The molecule has 0 amide bonds. The lowest BCUT2D eigenvalue weighted by Gasteiger charge is -2.21. The van der Waals surface area contributed by atoms with Crippen molar-refractivity contribution in [2.45, 2.75) is 26.2 Å². The van der Waals surface area contributed by atoms with Gasteiger partial charge in [-0.15, -0.1) is 10.2 Å². The van der Waals surface area contributed by atoms with E-state index < -0.39 is 0 Å². The first-order valence-electron chi connectivity index (χ1n) is 7.13. The van der Waals surface area contributed by atoms with Gasteiger partial charge in [0.1, 0.15) is 5.15 Å². The molecule has 0 aliphatic heterocycles. The standard InChI is InChI=1S/C16H17ClN4/c1-3-11(2)15(12-7-5-4-6-8-12)16-19-18-14-10-9-13(17)20-21(14)16/h4-11,15H,3H2,1-2H3. The molecule has 2 unspecified atom stereocenters. The highest BCUT2D eigenvalue weighted by molar-refractivity contribution is 6.29. The van der Waals surface area contributed by atoms with Crippen molar-refractivity contribution in [3.63, 3.8) is 0 Å². The summed E-state index contributed by atoms with van der Waals surface area (Å²) in [6.45, 7) is 4.41. The average Bonchev–Trinajstić information content (AvgIpc) is 2.91. The number of hydrogen-bond acceptors (Lipinski definition) is 3. The van der Waals surface area contributed by atoms with Gasteiger partial charge in [0.15, 0.2) is 11.5 Å². The van der Waals surface area contributed by atoms with E-state index >= 15 is 0 Å². The predicted molar refractivity (Wildman–Crippen MR) is 83.5 cm³/mol. The van der Waals surface area contributed by atoms with Crippen LogP contribution in [0.2, 0.25) is 5.15 Å². The van der Waals surface area contributed by atoms with Crippen molar-refractivity contribution in [1.82, 2.24) is 19.8 Å². The molecule has 0 fully saturated rings. The van der Waals surface area contributed by atoms with Crippen molar-refractivity contribution < 1.29 is 0 Å². The molecule has 0 spiro atoms. The van der Waals surface area contributed by atoms with Gasteiger partial charge >= 0.3 is 0 Å². The molecule has 0 aliphatic rings. The van der Waals surface area contributed by atoms with Gasteiger partial charge in [0.2, 0.25) is 0 Å². The lowest BCUT2D eigenvalue weighted by molar-refractivity contribution is 0.471. The summed E-state index contributed by atoms with van der Waals surface area (Å²) in [5.74, 6) is 1.42. The summed E-state index contributed by atoms with van der Waals surface area (Å²) in [7, 11) is 0. The van der Waals surface area contributed by atoms with E-state index in [0.717, 1.165) is 17.9 Å². The monoisotopic (exact) mass is 300 g/mol. The van der Waals surface area contributed by atoms with Gasteiger partial charge < -0.3 is 0 Å². The van der Waals surface area contributed by atoms with Gasteiger partial charge in [-0.1, -0.05) is 62.2 Å². The van der Waals surface area contributed by atoms with Crippen molar-refractivity contribution in [1.29, 1.82) is 0 Å². The van der Waals surface area contributed by atoms with Crippen LogP contribution in [0.25, 0.3) is 5.65 Å². The molecule has 5 heteroatoms. The predicted octanol–water partition coefficient (Wildman–Crippen LogP) is 3.96. The van der Waals surface area contributed by atoms with Crippen molar-refractivity contribution in [3.05, 3.63) is 59.0 Å². The third-order valence-corrected chi connectivity index (χ3v) is 4.11. The van der Waals surface area contributed by atoms with E-state index in [4.69, 9.17) is 11.6 Å². The molecule has 0 bridgehead atoms. The topological polar surface area (TPSA) is 43.1 Å². The molecule has 3 rings (SSSR count). The van der Waals surface area contributed by atoms with Crippen LogP contribution in [0.4, 0.5) is 0 Å². The normalized spacial score (nSPS) is 14.2. The highest BCUT2D eigenvalue weighted by Crippen LogP contribution is 2.32. The number of hydrogen-bond donors (Lipinski definition) is 0. The van der Waals surface area contributed by atoms with Crippen molar-refractivity contribution in [2.75, 3.05) is 0 Å². The van der Waals surface area contributed by atoms with E-state index in [-0.39, 0.29) is 5.92 Å². The highest BCUT2D eigenvalue weighted by atomic mass is 35.5. The van der Waals surface area contributed by atoms with Crippen LogP contribution in [0.1, 0.15) is 37.6 Å². The fraction of sp³-hybridized carbons (Fsp3) is 0.312. The van der Waals surface area contributed by atoms with E-state index in [1.807, 2.05) is 24.3 Å². The van der Waals surface area contributed by atoms with Crippen LogP contribution >= 0.6 is 11.6 Å². The van der Waals surface area contributed by atoms with Crippen molar-refractivity contribution in [2.24, 2.45) is 5.92 Å². The Bertz CT molecular complexity index is 738. The van der Waals surface area contributed by atoms with E-state index in [1.54, 1.807) is 10.6 Å². The van der Waals surface area contributed by atoms with Gasteiger partial charge in [-0.2, -0.15) is 9.61 Å². The quantitative estimate of drug-likeness (QED) is 0.732. The van der Waals surface area contributed by atoms with Crippen molar-refractivity contribution in [3.8, 4) is 0 Å². The Labute approximate surface area is 128 Å². The third kappa shape index (κ3) is 2.63. The minimum absolute atomic E-state index is 0.150. The zero-order chi connectivity index (χ0) is 14.8. The smallest absolute Gasteiger partial charge is 0.178 e. The first kappa shape index (κ1) is 14.0. The Balaban J connectivity index is 2.17. The molecule has 4 nitrogen and oxygen atoms in total. The maximum atomic E-state index is 6.02. The summed E-state index contributed by atoms with van der Waals surface area (Å²) in [4.78, 5) is 0. The maximum absolute atomic E-state index is 6.02. The number of rotatable bonds is 4. The molecule has 0 aliphatic carbocycles. The molecule has 3 aromatic rings. The van der Waals surface area contributed by atoms with Gasteiger partial charge in [0.05, 0.1) is 0 Å². The summed E-state index contributed by atoms with van der Waals surface area (Å²) in [6.07, 6.45) is 1.05. The Hall–Kier alpha value is -1.94. The molecule has 108 valence electrons. The van der Waals surface area contributed by atoms with E-state index in [1.165, 1.54) is 5.56 Å². The molecule has 1 aromatic carbocycles. The van der Waals surface area contributed by atoms with Gasteiger partial charge in [-0.25, -0.2) is 0 Å². The lowest BCUT2D eigenvalue weighted by atomic mass is 9.85.